The largest absolute Gasteiger partial charge is 0.342 e. The highest BCUT2D eigenvalue weighted by atomic mass is 35.5. The van der Waals surface area contributed by atoms with Gasteiger partial charge in [0.25, 0.3) is 5.91 Å². The van der Waals surface area contributed by atoms with Gasteiger partial charge in [-0.1, -0.05) is 60.4 Å². The van der Waals surface area contributed by atoms with Gasteiger partial charge in [-0.15, -0.1) is 10.2 Å². The van der Waals surface area contributed by atoms with E-state index in [9.17, 15) is 9.59 Å². The fourth-order valence-electron chi connectivity index (χ4n) is 2.99. The number of carbonyl (C=O) groups is 2. The predicted octanol–water partition coefficient (Wildman–Crippen LogP) is 5.63. The number of benzene rings is 2. The molecule has 11 heteroatoms. The Kier molecular flexibility index (Phi) is 8.64. The number of hydrogen-bond acceptors (Lipinski definition) is 5. The summed E-state index contributed by atoms with van der Waals surface area (Å²) < 4.78 is 1.78. The van der Waals surface area contributed by atoms with Crippen molar-refractivity contribution in [1.29, 1.82) is 0 Å². The van der Waals surface area contributed by atoms with Gasteiger partial charge in [-0.2, -0.15) is 0 Å². The van der Waals surface area contributed by atoms with E-state index in [0.29, 0.717) is 37.3 Å². The summed E-state index contributed by atoms with van der Waals surface area (Å²) in [7, 11) is 1.80. The van der Waals surface area contributed by atoms with Crippen LogP contribution in [-0.2, 0) is 11.8 Å². The van der Waals surface area contributed by atoms with E-state index in [1.807, 2.05) is 13.8 Å². The van der Waals surface area contributed by atoms with Gasteiger partial charge in [-0.25, -0.2) is 0 Å². The Morgan fingerprint density at radius 1 is 1.03 bits per heavy atom. The first-order valence-electron chi connectivity index (χ1n) is 9.99. The minimum absolute atomic E-state index is 0.0531. The first-order chi connectivity index (χ1) is 15.7. The summed E-state index contributed by atoms with van der Waals surface area (Å²) in [5.74, 6) is 0.273. The predicted molar refractivity (Wildman–Crippen MR) is 133 cm³/mol. The van der Waals surface area contributed by atoms with E-state index in [-0.39, 0.29) is 29.5 Å². The molecule has 0 unspecified atom stereocenters. The van der Waals surface area contributed by atoms with Gasteiger partial charge in [-0.05, 0) is 48.4 Å². The highest BCUT2D eigenvalue weighted by Gasteiger charge is 2.25. The smallest absolute Gasteiger partial charge is 0.251 e. The summed E-state index contributed by atoms with van der Waals surface area (Å²) in [6.45, 7) is 3.97. The van der Waals surface area contributed by atoms with Gasteiger partial charge in [0.1, 0.15) is 0 Å². The molecule has 0 aliphatic heterocycles. The fraction of sp³-hybridized carbons (Fsp3) is 0.273. The van der Waals surface area contributed by atoms with Crippen molar-refractivity contribution >= 4 is 64.1 Å². The average molecular weight is 527 g/mol. The minimum Gasteiger partial charge on any atom is -0.342 e. The number of carbonyl (C=O) groups excluding carboxylic acids is 2. The van der Waals surface area contributed by atoms with E-state index < -0.39 is 0 Å². The summed E-state index contributed by atoms with van der Waals surface area (Å²) in [5.41, 5.74) is 0.981. The number of nitrogens with zero attached hydrogens (tertiary/aromatic N) is 3. The van der Waals surface area contributed by atoms with E-state index in [2.05, 4.69) is 20.8 Å². The van der Waals surface area contributed by atoms with Gasteiger partial charge in [-0.3, -0.25) is 9.59 Å². The summed E-state index contributed by atoms with van der Waals surface area (Å²) in [6.07, 6.45) is 0. The zero-order valence-electron chi connectivity index (χ0n) is 18.1. The van der Waals surface area contributed by atoms with Crippen LogP contribution in [0.15, 0.2) is 47.6 Å². The highest BCUT2D eigenvalue weighted by molar-refractivity contribution is 7.99. The van der Waals surface area contributed by atoms with Crippen molar-refractivity contribution in [3.05, 3.63) is 68.9 Å². The maximum Gasteiger partial charge on any atom is 0.251 e. The van der Waals surface area contributed by atoms with Crippen LogP contribution in [0.3, 0.4) is 0 Å². The maximum absolute atomic E-state index is 12.7. The summed E-state index contributed by atoms with van der Waals surface area (Å²) in [4.78, 5) is 25.1. The molecule has 33 heavy (non-hydrogen) atoms. The molecule has 2 aromatic carbocycles. The summed E-state index contributed by atoms with van der Waals surface area (Å²) >= 11 is 19.1. The molecule has 0 radical (unpaired) electrons. The second-order valence-electron chi connectivity index (χ2n) is 7.56. The molecule has 2 N–H and O–H groups in total. The molecule has 3 rings (SSSR count). The third kappa shape index (κ3) is 6.63. The van der Waals surface area contributed by atoms with Crippen LogP contribution in [-0.4, -0.2) is 32.3 Å². The topological polar surface area (TPSA) is 88.9 Å². The number of rotatable bonds is 8. The molecule has 1 atom stereocenters. The van der Waals surface area contributed by atoms with Crippen LogP contribution in [0.25, 0.3) is 0 Å². The Hall–Kier alpha value is -2.26. The van der Waals surface area contributed by atoms with E-state index in [1.165, 1.54) is 11.8 Å². The SMILES string of the molecule is CC(C)[C@H](NC(=O)c1ccc(Cl)cc1)c1nnc(SCC(=O)Nc2ccc(Cl)cc2Cl)n1C. The molecular formula is C22H22Cl3N5O2S. The summed E-state index contributed by atoms with van der Waals surface area (Å²) in [5, 5.41) is 16.2. The monoisotopic (exact) mass is 525 g/mol. The number of anilines is 1. The number of amides is 2. The van der Waals surface area contributed by atoms with Gasteiger partial charge >= 0.3 is 0 Å². The van der Waals surface area contributed by atoms with Crippen molar-refractivity contribution in [2.45, 2.75) is 25.0 Å². The second-order valence-corrected chi connectivity index (χ2v) is 9.79. The minimum atomic E-state index is -0.373. The first-order valence-corrected chi connectivity index (χ1v) is 12.1. The van der Waals surface area contributed by atoms with Gasteiger partial charge in [0.2, 0.25) is 5.91 Å². The average Bonchev–Trinajstić information content (AvgIpc) is 3.12. The Bertz CT molecular complexity index is 1150. The molecule has 0 spiro atoms. The molecule has 1 aromatic heterocycles. The van der Waals surface area contributed by atoms with Gasteiger partial charge in [0.15, 0.2) is 11.0 Å². The first kappa shape index (κ1) is 25.4. The van der Waals surface area contributed by atoms with Gasteiger partial charge < -0.3 is 15.2 Å². The third-order valence-corrected chi connectivity index (χ3v) is 6.56. The lowest BCUT2D eigenvalue weighted by Gasteiger charge is -2.21. The zero-order valence-corrected chi connectivity index (χ0v) is 21.2. The highest BCUT2D eigenvalue weighted by Crippen LogP contribution is 2.27. The van der Waals surface area contributed by atoms with E-state index in [4.69, 9.17) is 34.8 Å². The van der Waals surface area contributed by atoms with Crippen molar-refractivity contribution < 1.29 is 9.59 Å². The Balaban J connectivity index is 1.66. The normalized spacial score (nSPS) is 12.0. The lowest BCUT2D eigenvalue weighted by Crippen LogP contribution is -2.33. The molecule has 7 nitrogen and oxygen atoms in total. The Morgan fingerprint density at radius 3 is 2.33 bits per heavy atom. The third-order valence-electron chi connectivity index (χ3n) is 4.74. The molecule has 1 heterocycles. The van der Waals surface area contributed by atoms with Crippen molar-refractivity contribution in [3.63, 3.8) is 0 Å². The van der Waals surface area contributed by atoms with Crippen molar-refractivity contribution in [2.75, 3.05) is 11.1 Å². The number of thioether (sulfide) groups is 1. The summed E-state index contributed by atoms with van der Waals surface area (Å²) in [6, 6.07) is 11.1. The van der Waals surface area contributed by atoms with Crippen molar-refractivity contribution in [2.24, 2.45) is 13.0 Å². The van der Waals surface area contributed by atoms with Crippen LogP contribution in [0, 0.1) is 5.92 Å². The quantitative estimate of drug-likeness (QED) is 0.371. The lowest BCUT2D eigenvalue weighted by molar-refractivity contribution is -0.113. The molecule has 0 saturated carbocycles. The number of hydrogen-bond donors (Lipinski definition) is 2. The second kappa shape index (κ2) is 11.2. The molecule has 2 amide bonds. The van der Waals surface area contributed by atoms with Crippen LogP contribution in [0.4, 0.5) is 5.69 Å². The molecular weight excluding hydrogens is 505 g/mol. The van der Waals surface area contributed by atoms with E-state index in [1.54, 1.807) is 54.1 Å². The van der Waals surface area contributed by atoms with Crippen LogP contribution < -0.4 is 10.6 Å². The molecule has 0 saturated heterocycles. The standard InChI is InChI=1S/C22H22Cl3N5O2S/c1-12(2)19(27-21(32)13-4-6-14(23)7-5-13)20-28-29-22(30(20)3)33-11-18(31)26-17-9-8-15(24)10-16(17)25/h4-10,12,19H,11H2,1-3H3,(H,26,31)(H,27,32)/t19-/m0/s1. The van der Waals surface area contributed by atoms with Crippen molar-refractivity contribution in [3.8, 4) is 0 Å². The van der Waals surface area contributed by atoms with Crippen molar-refractivity contribution in [1.82, 2.24) is 20.1 Å². The maximum atomic E-state index is 12.7. The molecule has 3 aromatic rings. The van der Waals surface area contributed by atoms with Crippen LogP contribution in [0.1, 0.15) is 36.1 Å². The zero-order chi connectivity index (χ0) is 24.1. The Morgan fingerprint density at radius 2 is 1.70 bits per heavy atom. The van der Waals surface area contributed by atoms with E-state index in [0.717, 1.165) is 0 Å². The van der Waals surface area contributed by atoms with Gasteiger partial charge in [0, 0.05) is 22.7 Å². The number of nitrogens with one attached hydrogen (secondary N) is 2. The lowest BCUT2D eigenvalue weighted by atomic mass is 10.0. The Labute approximate surface area is 211 Å². The number of halogens is 3. The molecule has 0 aliphatic rings. The molecule has 174 valence electrons. The fourth-order valence-corrected chi connectivity index (χ4v) is 4.28. The van der Waals surface area contributed by atoms with E-state index >= 15 is 0 Å². The molecule has 0 bridgehead atoms. The molecule has 0 fully saturated rings. The number of aromatic nitrogens is 3. The van der Waals surface area contributed by atoms with Gasteiger partial charge in [0.05, 0.1) is 22.5 Å². The van der Waals surface area contributed by atoms with Crippen LogP contribution in [0.5, 0.6) is 0 Å². The van der Waals surface area contributed by atoms with Crippen LogP contribution >= 0.6 is 46.6 Å². The molecule has 0 aliphatic carbocycles. The van der Waals surface area contributed by atoms with Crippen LogP contribution in [0.2, 0.25) is 15.1 Å².